The molecule has 0 radical (unpaired) electrons. The number of alkyl halides is 1. The number of rotatable bonds is 1. The average molecular weight is 271 g/mol. The minimum atomic E-state index is -0.939. The van der Waals surface area contributed by atoms with Gasteiger partial charge in [0.05, 0.1) is 6.61 Å². The van der Waals surface area contributed by atoms with Gasteiger partial charge in [-0.05, 0) is 12.8 Å². The first-order valence-electron chi connectivity index (χ1n) is 3.40. The lowest BCUT2D eigenvalue weighted by Gasteiger charge is -2.28. The number of carboxylic acid groups (broad SMARTS) is 1. The van der Waals surface area contributed by atoms with Gasteiger partial charge in [0.1, 0.15) is 3.55 Å². The van der Waals surface area contributed by atoms with Gasteiger partial charge in [0, 0.05) is 6.54 Å². The molecule has 0 spiro atoms. The minimum absolute atomic E-state index is 0.0974. The molecule has 0 aliphatic carbocycles. The molecule has 1 atom stereocenters. The monoisotopic (exact) mass is 271 g/mol. The van der Waals surface area contributed by atoms with Gasteiger partial charge in [0.2, 0.25) is 0 Å². The summed E-state index contributed by atoms with van der Waals surface area (Å²) in [7, 11) is 0. The third kappa shape index (κ3) is 1.58. The average Bonchev–Trinajstić information content (AvgIpc) is 2.32. The minimum Gasteiger partial charge on any atom is -0.465 e. The molecule has 2 N–H and O–H groups in total. The van der Waals surface area contributed by atoms with E-state index in [-0.39, 0.29) is 6.61 Å². The largest absolute Gasteiger partial charge is 0.465 e. The summed E-state index contributed by atoms with van der Waals surface area (Å²) in [6.45, 7) is 0.443. The molecule has 11 heavy (non-hydrogen) atoms. The highest BCUT2D eigenvalue weighted by atomic mass is 127. The lowest BCUT2D eigenvalue weighted by molar-refractivity contribution is 0.112. The van der Waals surface area contributed by atoms with Gasteiger partial charge in [0.15, 0.2) is 0 Å². The van der Waals surface area contributed by atoms with Crippen LogP contribution in [0.5, 0.6) is 0 Å². The summed E-state index contributed by atoms with van der Waals surface area (Å²) in [4.78, 5) is 11.9. The standard InChI is InChI=1S/C6H10INO3/c7-6(4-9)2-1-3-8(6)5(10)11/h9H,1-4H2,(H,10,11). The highest BCUT2D eigenvalue weighted by Gasteiger charge is 2.40. The van der Waals surface area contributed by atoms with Crippen molar-refractivity contribution < 1.29 is 15.0 Å². The van der Waals surface area contributed by atoms with E-state index >= 15 is 0 Å². The Morgan fingerprint density at radius 3 is 2.73 bits per heavy atom. The van der Waals surface area contributed by atoms with Crippen LogP contribution in [0.15, 0.2) is 0 Å². The molecule has 64 valence electrons. The van der Waals surface area contributed by atoms with Gasteiger partial charge < -0.3 is 10.2 Å². The summed E-state index contributed by atoms with van der Waals surface area (Å²) in [5, 5.41) is 17.6. The van der Waals surface area contributed by atoms with Crippen molar-refractivity contribution in [2.45, 2.75) is 16.4 Å². The van der Waals surface area contributed by atoms with Crippen molar-refractivity contribution in [1.29, 1.82) is 0 Å². The van der Waals surface area contributed by atoms with E-state index in [0.717, 1.165) is 12.8 Å². The van der Waals surface area contributed by atoms with E-state index in [1.165, 1.54) is 4.90 Å². The van der Waals surface area contributed by atoms with Crippen LogP contribution in [0.3, 0.4) is 0 Å². The SMILES string of the molecule is O=C(O)N1CCCC1(I)CO. The van der Waals surface area contributed by atoms with Gasteiger partial charge >= 0.3 is 6.09 Å². The van der Waals surface area contributed by atoms with Crippen LogP contribution in [0.1, 0.15) is 12.8 Å². The van der Waals surface area contributed by atoms with Crippen LogP contribution in [0.25, 0.3) is 0 Å². The molecule has 1 saturated heterocycles. The molecule has 0 aromatic heterocycles. The summed E-state index contributed by atoms with van der Waals surface area (Å²) < 4.78 is -0.566. The Kier molecular flexibility index (Phi) is 2.58. The number of amides is 1. The number of likely N-dealkylation sites (tertiary alicyclic amines) is 1. The number of hydrogen-bond donors (Lipinski definition) is 2. The molecular formula is C6H10INO3. The van der Waals surface area contributed by atoms with Crippen molar-refractivity contribution in [2.24, 2.45) is 0 Å². The van der Waals surface area contributed by atoms with E-state index < -0.39 is 9.64 Å². The highest BCUT2D eigenvalue weighted by molar-refractivity contribution is 14.1. The molecular weight excluding hydrogens is 261 g/mol. The van der Waals surface area contributed by atoms with E-state index in [1.807, 2.05) is 22.6 Å². The maximum Gasteiger partial charge on any atom is 0.408 e. The molecule has 1 aliphatic rings. The normalized spacial score (nSPS) is 30.9. The Balaban J connectivity index is 2.72. The quantitative estimate of drug-likeness (QED) is 0.423. The van der Waals surface area contributed by atoms with Gasteiger partial charge in [-0.1, -0.05) is 22.6 Å². The lowest BCUT2D eigenvalue weighted by Crippen LogP contribution is -2.44. The first-order valence-corrected chi connectivity index (χ1v) is 4.48. The fraction of sp³-hybridized carbons (Fsp3) is 0.833. The molecule has 0 aromatic carbocycles. The summed E-state index contributed by atoms with van der Waals surface area (Å²) in [6.07, 6.45) is 0.651. The maximum atomic E-state index is 10.6. The second-order valence-electron chi connectivity index (χ2n) is 2.61. The molecule has 0 bridgehead atoms. The number of carbonyl (C=O) groups is 1. The van der Waals surface area contributed by atoms with E-state index in [4.69, 9.17) is 10.2 Å². The predicted molar refractivity (Wildman–Crippen MR) is 47.8 cm³/mol. The van der Waals surface area contributed by atoms with Gasteiger partial charge in [-0.25, -0.2) is 4.79 Å². The Labute approximate surface area is 78.3 Å². The molecule has 1 aliphatic heterocycles. The van der Waals surface area contributed by atoms with Crippen LogP contribution in [0.2, 0.25) is 0 Å². The summed E-state index contributed by atoms with van der Waals surface area (Å²) in [5.74, 6) is 0. The van der Waals surface area contributed by atoms with Gasteiger partial charge in [0.25, 0.3) is 0 Å². The number of aliphatic hydroxyl groups is 1. The Bertz CT molecular complexity index is 175. The first kappa shape index (κ1) is 9.05. The smallest absolute Gasteiger partial charge is 0.408 e. The zero-order valence-electron chi connectivity index (χ0n) is 5.96. The zero-order chi connectivity index (χ0) is 8.48. The molecule has 4 nitrogen and oxygen atoms in total. The fourth-order valence-corrected chi connectivity index (χ4v) is 2.10. The van der Waals surface area contributed by atoms with Crippen LogP contribution >= 0.6 is 22.6 Å². The van der Waals surface area contributed by atoms with Crippen molar-refractivity contribution in [3.05, 3.63) is 0 Å². The van der Waals surface area contributed by atoms with Gasteiger partial charge in [-0.15, -0.1) is 0 Å². The third-order valence-electron chi connectivity index (χ3n) is 1.90. The van der Waals surface area contributed by atoms with Crippen LogP contribution in [0, 0.1) is 0 Å². The number of hydrogen-bond acceptors (Lipinski definition) is 2. The molecule has 1 rings (SSSR count). The topological polar surface area (TPSA) is 60.8 Å². The van der Waals surface area contributed by atoms with Crippen LogP contribution in [-0.2, 0) is 0 Å². The molecule has 0 aromatic rings. The first-order chi connectivity index (χ1) is 5.10. The number of nitrogens with zero attached hydrogens (tertiary/aromatic N) is 1. The molecule has 5 heteroatoms. The predicted octanol–water partition coefficient (Wildman–Crippen LogP) is 0.884. The van der Waals surface area contributed by atoms with Crippen molar-refractivity contribution in [3.63, 3.8) is 0 Å². The number of aliphatic hydroxyl groups excluding tert-OH is 1. The molecule has 1 unspecified atom stereocenters. The summed E-state index contributed by atoms with van der Waals surface area (Å²) in [6, 6.07) is 0. The van der Waals surface area contributed by atoms with Gasteiger partial charge in [-0.3, -0.25) is 4.90 Å². The van der Waals surface area contributed by atoms with E-state index in [1.54, 1.807) is 0 Å². The molecule has 0 saturated carbocycles. The molecule has 1 heterocycles. The maximum absolute atomic E-state index is 10.6. The Hall–Kier alpha value is -0.0400. The second kappa shape index (κ2) is 3.14. The van der Waals surface area contributed by atoms with Crippen molar-refractivity contribution in [2.75, 3.05) is 13.2 Å². The van der Waals surface area contributed by atoms with Gasteiger partial charge in [-0.2, -0.15) is 0 Å². The fourth-order valence-electron chi connectivity index (χ4n) is 1.27. The van der Waals surface area contributed by atoms with E-state index in [2.05, 4.69) is 0 Å². The lowest BCUT2D eigenvalue weighted by atomic mass is 10.2. The Morgan fingerprint density at radius 1 is 1.73 bits per heavy atom. The molecule has 1 fully saturated rings. The van der Waals surface area contributed by atoms with Crippen LogP contribution in [0.4, 0.5) is 4.79 Å². The molecule has 1 amide bonds. The van der Waals surface area contributed by atoms with Crippen molar-refractivity contribution in [1.82, 2.24) is 4.90 Å². The summed E-state index contributed by atoms with van der Waals surface area (Å²) in [5.41, 5.74) is 0. The van der Waals surface area contributed by atoms with E-state index in [9.17, 15) is 4.79 Å². The van der Waals surface area contributed by atoms with Crippen molar-refractivity contribution in [3.8, 4) is 0 Å². The Morgan fingerprint density at radius 2 is 2.36 bits per heavy atom. The third-order valence-corrected chi connectivity index (χ3v) is 3.36. The summed E-state index contributed by atoms with van der Waals surface area (Å²) >= 11 is 2.00. The van der Waals surface area contributed by atoms with Crippen LogP contribution in [-0.4, -0.2) is 37.9 Å². The zero-order valence-corrected chi connectivity index (χ0v) is 8.11. The second-order valence-corrected chi connectivity index (χ2v) is 4.62. The number of halogens is 1. The highest BCUT2D eigenvalue weighted by Crippen LogP contribution is 2.34. The van der Waals surface area contributed by atoms with Crippen molar-refractivity contribution >= 4 is 28.7 Å². The van der Waals surface area contributed by atoms with E-state index in [0.29, 0.717) is 6.54 Å². The van der Waals surface area contributed by atoms with Crippen LogP contribution < -0.4 is 0 Å².